The van der Waals surface area contributed by atoms with Crippen LogP contribution in [0.3, 0.4) is 0 Å². The van der Waals surface area contributed by atoms with E-state index in [4.69, 9.17) is 0 Å². The van der Waals surface area contributed by atoms with Crippen LogP contribution < -0.4 is 0 Å². The van der Waals surface area contributed by atoms with Gasteiger partial charge in [0.05, 0.1) is 24.4 Å². The number of hydrogen-bond donors (Lipinski definition) is 4. The lowest BCUT2D eigenvalue weighted by Gasteiger charge is -2.30. The molecule has 0 rings (SSSR count). The molecule has 0 bridgehead atoms. The Hall–Kier alpha value is -1.38. The van der Waals surface area contributed by atoms with Crippen molar-refractivity contribution in [2.75, 3.05) is 107 Å². The summed E-state index contributed by atoms with van der Waals surface area (Å²) in [6.07, 6.45) is 42.2. The summed E-state index contributed by atoms with van der Waals surface area (Å²) in [4.78, 5) is 38.9. The van der Waals surface area contributed by atoms with Crippen LogP contribution in [-0.2, 0) is 9.59 Å². The summed E-state index contributed by atoms with van der Waals surface area (Å²) < 4.78 is 0. The van der Waals surface area contributed by atoms with Crippen molar-refractivity contribution >= 4 is 11.8 Å². The van der Waals surface area contributed by atoms with Crippen molar-refractivity contribution in [2.24, 2.45) is 0 Å². The van der Waals surface area contributed by atoms with Crippen LogP contribution in [0.15, 0.2) is 0 Å². The molecule has 0 aliphatic carbocycles. The van der Waals surface area contributed by atoms with Crippen molar-refractivity contribution in [1.82, 2.24) is 29.4 Å². The monoisotopic (exact) mass is 1080 g/mol. The number of aliphatic hydroxyl groups is 4. The minimum Gasteiger partial charge on any atom is -0.392 e. The number of carbonyl (C=O) groups is 2. The maximum absolute atomic E-state index is 13.3. The van der Waals surface area contributed by atoms with Gasteiger partial charge in [-0.25, -0.2) is 0 Å². The number of likely N-dealkylation sites (N-methyl/N-ethyl adjacent to an activating group) is 4. The number of amides is 2. The molecule has 12 heteroatoms. The fraction of sp³-hybridized carbons (Fsp3) is 0.969. The van der Waals surface area contributed by atoms with Gasteiger partial charge in [0.2, 0.25) is 11.8 Å². The number of hydrogen-bond acceptors (Lipinski definition) is 10. The maximum atomic E-state index is 13.3. The van der Waals surface area contributed by atoms with E-state index in [1.54, 1.807) is 9.80 Å². The summed E-state index contributed by atoms with van der Waals surface area (Å²) >= 11 is 0. The van der Waals surface area contributed by atoms with Gasteiger partial charge in [-0.15, -0.1) is 0 Å². The molecular weight excluding hydrogens is 949 g/mol. The van der Waals surface area contributed by atoms with E-state index in [9.17, 15) is 30.0 Å². The van der Waals surface area contributed by atoms with Gasteiger partial charge in [0, 0.05) is 105 Å². The van der Waals surface area contributed by atoms with Crippen LogP contribution >= 0.6 is 0 Å². The van der Waals surface area contributed by atoms with Crippen molar-refractivity contribution in [3.63, 3.8) is 0 Å². The molecule has 0 aliphatic heterocycles. The third-order valence-electron chi connectivity index (χ3n) is 16.1. The van der Waals surface area contributed by atoms with Crippen LogP contribution in [0, 0.1) is 0 Å². The number of unbranched alkanes of at least 4 members (excludes halogenated alkanes) is 28. The second kappa shape index (κ2) is 54.2. The molecule has 4 unspecified atom stereocenters. The fourth-order valence-corrected chi connectivity index (χ4v) is 10.5. The van der Waals surface area contributed by atoms with Crippen molar-refractivity contribution in [1.29, 1.82) is 0 Å². The summed E-state index contributed by atoms with van der Waals surface area (Å²) in [5.74, 6) is 0.113. The van der Waals surface area contributed by atoms with E-state index < -0.39 is 24.4 Å². The van der Waals surface area contributed by atoms with Crippen molar-refractivity contribution in [2.45, 2.75) is 296 Å². The van der Waals surface area contributed by atoms with Crippen LogP contribution in [0.1, 0.15) is 272 Å². The quantitative estimate of drug-likeness (QED) is 0.0436. The third-order valence-corrected chi connectivity index (χ3v) is 16.1. The number of nitrogens with zero attached hydrogens (tertiary/aromatic N) is 6. The Morgan fingerprint density at radius 2 is 0.500 bits per heavy atom. The van der Waals surface area contributed by atoms with Crippen molar-refractivity contribution in [3.05, 3.63) is 0 Å². The Morgan fingerprint density at radius 3 is 0.724 bits per heavy atom. The molecular formula is C64H132N6O6. The Kier molecular flexibility index (Phi) is 53.2. The third kappa shape index (κ3) is 48.5. The summed E-state index contributed by atoms with van der Waals surface area (Å²) in [5.41, 5.74) is 0. The molecule has 12 nitrogen and oxygen atoms in total. The smallest absolute Gasteiger partial charge is 0.223 e. The highest BCUT2D eigenvalue weighted by molar-refractivity contribution is 5.77. The van der Waals surface area contributed by atoms with E-state index >= 15 is 0 Å². The number of rotatable bonds is 59. The first kappa shape index (κ1) is 74.6. The van der Waals surface area contributed by atoms with Crippen LogP contribution in [0.2, 0.25) is 0 Å². The van der Waals surface area contributed by atoms with Crippen LogP contribution in [0.25, 0.3) is 0 Å². The molecule has 0 radical (unpaired) electrons. The summed E-state index contributed by atoms with van der Waals surface area (Å²) in [5, 5.41) is 44.3. The summed E-state index contributed by atoms with van der Waals surface area (Å²) in [6.45, 7) is 16.4. The average molecular weight is 1080 g/mol. The Bertz CT molecular complexity index is 1100. The van der Waals surface area contributed by atoms with Gasteiger partial charge in [0.25, 0.3) is 0 Å². The lowest BCUT2D eigenvalue weighted by Crippen LogP contribution is -2.43. The SMILES string of the molecule is CCCCCCCCCCC(O)CN(CCN(C)CCC(=O)N(C)CCN(C)C(=O)CCN(C)CCN(CC(O)CCCCCCCCCC)CC(O)CCCCCCCCCC)CC(O)CCCCCCCCCC. The molecule has 0 heterocycles. The largest absolute Gasteiger partial charge is 0.392 e. The molecule has 4 atom stereocenters. The van der Waals surface area contributed by atoms with E-state index in [-0.39, 0.29) is 11.8 Å². The normalized spacial score (nSPS) is 13.6. The van der Waals surface area contributed by atoms with E-state index in [0.29, 0.717) is 65.2 Å². The molecule has 0 aromatic rings. The topological polar surface area (TPSA) is 134 Å². The van der Waals surface area contributed by atoms with Crippen LogP contribution in [-0.4, -0.2) is 193 Å². The standard InChI is InChI=1S/C64H132N6O6/c1-9-13-17-21-25-29-33-37-41-59(71)55-69(56-60(72)42-38-34-30-26-22-18-14-10-2)53-49-65(5)47-45-63(75)67(7)51-52-68(8)64(76)46-48-66(6)50-54-70(57-61(73)43-39-35-31-27-23-19-15-11-3)58-62(74)44-40-36-32-28-24-20-16-12-4/h59-62,71-74H,9-58H2,1-8H3. The first-order valence-electron chi connectivity index (χ1n) is 32.8. The Balaban J connectivity index is 4.96. The zero-order valence-electron chi connectivity index (χ0n) is 52.0. The molecule has 454 valence electrons. The minimum atomic E-state index is -0.405. The zero-order valence-corrected chi connectivity index (χ0v) is 52.0. The van der Waals surface area contributed by atoms with Gasteiger partial charge >= 0.3 is 0 Å². The highest BCUT2D eigenvalue weighted by Gasteiger charge is 2.20. The van der Waals surface area contributed by atoms with E-state index in [2.05, 4.69) is 47.3 Å². The van der Waals surface area contributed by atoms with E-state index in [1.165, 1.54) is 180 Å². The van der Waals surface area contributed by atoms with Gasteiger partial charge in [0.1, 0.15) is 0 Å². The minimum absolute atomic E-state index is 0.0567. The Morgan fingerprint density at radius 1 is 0.289 bits per heavy atom. The van der Waals surface area contributed by atoms with E-state index in [0.717, 1.165) is 77.5 Å². The fourth-order valence-electron chi connectivity index (χ4n) is 10.5. The van der Waals surface area contributed by atoms with Crippen LogP contribution in [0.4, 0.5) is 0 Å². The van der Waals surface area contributed by atoms with E-state index in [1.807, 2.05) is 28.2 Å². The number of carbonyl (C=O) groups excluding carboxylic acids is 2. The first-order valence-corrected chi connectivity index (χ1v) is 32.8. The lowest BCUT2D eigenvalue weighted by molar-refractivity contribution is -0.133. The predicted octanol–water partition coefficient (Wildman–Crippen LogP) is 12.7. The molecule has 0 spiro atoms. The molecule has 0 fully saturated rings. The molecule has 0 aromatic carbocycles. The van der Waals surface area contributed by atoms with Gasteiger partial charge in [-0.3, -0.25) is 19.4 Å². The average Bonchev–Trinajstić information content (AvgIpc) is 3.40. The van der Waals surface area contributed by atoms with Gasteiger partial charge < -0.3 is 40.0 Å². The molecule has 2 amide bonds. The van der Waals surface area contributed by atoms with Crippen LogP contribution in [0.5, 0.6) is 0 Å². The van der Waals surface area contributed by atoms with Gasteiger partial charge in [0.15, 0.2) is 0 Å². The van der Waals surface area contributed by atoms with Gasteiger partial charge in [-0.1, -0.05) is 233 Å². The number of aliphatic hydroxyl groups excluding tert-OH is 4. The first-order chi connectivity index (χ1) is 36.8. The molecule has 0 aliphatic rings. The summed E-state index contributed by atoms with van der Waals surface area (Å²) in [6, 6.07) is 0. The highest BCUT2D eigenvalue weighted by Crippen LogP contribution is 2.17. The molecule has 0 saturated heterocycles. The van der Waals surface area contributed by atoms with Crippen molar-refractivity contribution < 1.29 is 30.0 Å². The predicted molar refractivity (Wildman–Crippen MR) is 325 cm³/mol. The zero-order chi connectivity index (χ0) is 56.3. The molecule has 4 N–H and O–H groups in total. The van der Waals surface area contributed by atoms with Gasteiger partial charge in [-0.05, 0) is 39.8 Å². The second-order valence-corrected chi connectivity index (χ2v) is 23.9. The molecule has 76 heavy (non-hydrogen) atoms. The summed E-state index contributed by atoms with van der Waals surface area (Å²) in [7, 11) is 7.74. The highest BCUT2D eigenvalue weighted by atomic mass is 16.3. The Labute approximate surface area is 472 Å². The molecule has 0 aromatic heterocycles. The van der Waals surface area contributed by atoms with Crippen molar-refractivity contribution in [3.8, 4) is 0 Å². The van der Waals surface area contributed by atoms with Gasteiger partial charge in [-0.2, -0.15) is 0 Å². The second-order valence-electron chi connectivity index (χ2n) is 23.9. The maximum Gasteiger partial charge on any atom is 0.223 e. The molecule has 0 saturated carbocycles. The lowest BCUT2D eigenvalue weighted by atomic mass is 10.0.